The molecule has 0 aromatic carbocycles. The molecular weight excluding hydrogens is 292 g/mol. The highest BCUT2D eigenvalue weighted by Gasteiger charge is 2.15. The van der Waals surface area contributed by atoms with Crippen LogP contribution in [0.15, 0.2) is 21.9 Å². The molecule has 5 heteroatoms. The average Bonchev–Trinajstić information content (AvgIpc) is 2.47. The molecule has 5 nitrogen and oxygen atoms in total. The molecule has 1 heterocycles. The molecule has 0 aliphatic rings. The van der Waals surface area contributed by atoms with Crippen LogP contribution in [0.25, 0.3) is 0 Å². The predicted octanol–water partition coefficient (Wildman–Crippen LogP) is 3.18. The monoisotopic (exact) mass is 324 g/mol. The van der Waals surface area contributed by atoms with Crippen LogP contribution in [0, 0.1) is 11.8 Å². The summed E-state index contributed by atoms with van der Waals surface area (Å²) in [4.78, 5) is 25.6. The fourth-order valence-electron chi connectivity index (χ4n) is 2.62. The molecule has 0 amide bonds. The SMILES string of the molecule is CC(C)CC(OCCCCCCn1c(=O)cc[nH]c1=O)C(C)C. The first-order valence-corrected chi connectivity index (χ1v) is 8.82. The van der Waals surface area contributed by atoms with Gasteiger partial charge in [-0.15, -0.1) is 0 Å². The van der Waals surface area contributed by atoms with Crippen LogP contribution in [0.1, 0.15) is 59.8 Å². The van der Waals surface area contributed by atoms with Crippen molar-refractivity contribution in [2.75, 3.05) is 6.61 Å². The van der Waals surface area contributed by atoms with Crippen LogP contribution < -0.4 is 11.2 Å². The van der Waals surface area contributed by atoms with Gasteiger partial charge in [-0.25, -0.2) is 4.79 Å². The Morgan fingerprint density at radius 3 is 2.39 bits per heavy atom. The zero-order chi connectivity index (χ0) is 17.2. The number of H-pyrrole nitrogens is 1. The first-order valence-electron chi connectivity index (χ1n) is 8.82. The lowest BCUT2D eigenvalue weighted by molar-refractivity contribution is 0.00710. The number of nitrogens with zero attached hydrogens (tertiary/aromatic N) is 1. The van der Waals surface area contributed by atoms with E-state index in [4.69, 9.17) is 4.74 Å². The maximum atomic E-state index is 11.6. The number of aromatic amines is 1. The van der Waals surface area contributed by atoms with Gasteiger partial charge in [0.25, 0.3) is 5.56 Å². The largest absolute Gasteiger partial charge is 0.378 e. The smallest absolute Gasteiger partial charge is 0.328 e. The lowest BCUT2D eigenvalue weighted by Crippen LogP contribution is -2.33. The van der Waals surface area contributed by atoms with Crippen LogP contribution >= 0.6 is 0 Å². The predicted molar refractivity (Wildman–Crippen MR) is 93.8 cm³/mol. The quantitative estimate of drug-likeness (QED) is 0.636. The second-order valence-corrected chi connectivity index (χ2v) is 6.97. The molecule has 0 bridgehead atoms. The summed E-state index contributed by atoms with van der Waals surface area (Å²) in [6.07, 6.45) is 6.77. The highest BCUT2D eigenvalue weighted by atomic mass is 16.5. The van der Waals surface area contributed by atoms with Gasteiger partial charge >= 0.3 is 5.69 Å². The Morgan fingerprint density at radius 2 is 1.78 bits per heavy atom. The van der Waals surface area contributed by atoms with E-state index in [9.17, 15) is 9.59 Å². The fraction of sp³-hybridized carbons (Fsp3) is 0.778. The lowest BCUT2D eigenvalue weighted by Gasteiger charge is -2.23. The molecule has 0 saturated carbocycles. The summed E-state index contributed by atoms with van der Waals surface area (Å²) in [6, 6.07) is 1.38. The molecule has 1 aromatic heterocycles. The maximum absolute atomic E-state index is 11.6. The third-order valence-corrected chi connectivity index (χ3v) is 4.00. The molecule has 1 atom stereocenters. The molecule has 1 N–H and O–H groups in total. The minimum absolute atomic E-state index is 0.231. The molecule has 0 aliphatic heterocycles. The number of hydrogen-bond donors (Lipinski definition) is 1. The van der Waals surface area contributed by atoms with Crippen molar-refractivity contribution in [2.45, 2.75) is 72.4 Å². The van der Waals surface area contributed by atoms with E-state index in [1.165, 1.54) is 16.8 Å². The average molecular weight is 324 g/mol. The normalized spacial score (nSPS) is 13.0. The van der Waals surface area contributed by atoms with E-state index in [1.54, 1.807) is 0 Å². The van der Waals surface area contributed by atoms with Gasteiger partial charge < -0.3 is 9.72 Å². The van der Waals surface area contributed by atoms with E-state index in [0.29, 0.717) is 24.5 Å². The number of aromatic nitrogens is 2. The Balaban J connectivity index is 2.18. The zero-order valence-corrected chi connectivity index (χ0v) is 15.0. The number of rotatable bonds is 11. The van der Waals surface area contributed by atoms with Gasteiger partial charge in [-0.2, -0.15) is 0 Å². The number of hydrogen-bond acceptors (Lipinski definition) is 3. The van der Waals surface area contributed by atoms with Gasteiger partial charge in [0.2, 0.25) is 0 Å². The van der Waals surface area contributed by atoms with Crippen molar-refractivity contribution in [1.29, 1.82) is 0 Å². The Morgan fingerprint density at radius 1 is 1.09 bits per heavy atom. The Kier molecular flexibility index (Phi) is 8.92. The minimum Gasteiger partial charge on any atom is -0.378 e. The lowest BCUT2D eigenvalue weighted by atomic mass is 9.97. The summed E-state index contributed by atoms with van der Waals surface area (Å²) in [7, 11) is 0. The molecule has 1 aromatic rings. The standard InChI is InChI=1S/C18H32N2O3/c1-14(2)13-16(15(3)4)23-12-8-6-5-7-11-20-17(21)9-10-19-18(20)22/h9-10,14-16H,5-8,11-13H2,1-4H3,(H,19,22). The third kappa shape index (κ3) is 7.64. The molecule has 0 radical (unpaired) electrons. The molecule has 0 fully saturated rings. The highest BCUT2D eigenvalue weighted by molar-refractivity contribution is 4.82. The molecule has 0 saturated heterocycles. The van der Waals surface area contributed by atoms with Gasteiger partial charge in [0.05, 0.1) is 6.10 Å². The highest BCUT2D eigenvalue weighted by Crippen LogP contribution is 2.17. The van der Waals surface area contributed by atoms with E-state index in [1.807, 2.05) is 0 Å². The molecular formula is C18H32N2O3. The summed E-state index contributed by atoms with van der Waals surface area (Å²) in [5.41, 5.74) is -0.556. The van der Waals surface area contributed by atoms with Gasteiger partial charge in [0, 0.05) is 25.4 Å². The van der Waals surface area contributed by atoms with Crippen molar-refractivity contribution >= 4 is 0 Å². The fourth-order valence-corrected chi connectivity index (χ4v) is 2.62. The third-order valence-electron chi connectivity index (χ3n) is 4.00. The Bertz CT molecular complexity index is 517. The van der Waals surface area contributed by atoms with Crippen LogP contribution in [0.3, 0.4) is 0 Å². The summed E-state index contributed by atoms with van der Waals surface area (Å²) in [5, 5.41) is 0. The number of nitrogens with one attached hydrogen (secondary N) is 1. The molecule has 0 aliphatic carbocycles. The second-order valence-electron chi connectivity index (χ2n) is 6.97. The summed E-state index contributed by atoms with van der Waals surface area (Å²) in [5.74, 6) is 1.21. The molecule has 0 spiro atoms. The first-order chi connectivity index (χ1) is 10.9. The number of ether oxygens (including phenoxy) is 1. The van der Waals surface area contributed by atoms with Crippen LogP contribution in [0.5, 0.6) is 0 Å². The second kappa shape index (κ2) is 10.4. The van der Waals surface area contributed by atoms with Gasteiger partial charge in [-0.1, -0.05) is 40.5 Å². The topological polar surface area (TPSA) is 64.1 Å². The van der Waals surface area contributed by atoms with Crippen molar-refractivity contribution in [3.05, 3.63) is 33.1 Å². The van der Waals surface area contributed by atoms with Crippen LogP contribution in [-0.2, 0) is 11.3 Å². The summed E-state index contributed by atoms with van der Waals surface area (Å²) < 4.78 is 7.27. The summed E-state index contributed by atoms with van der Waals surface area (Å²) >= 11 is 0. The van der Waals surface area contributed by atoms with E-state index in [-0.39, 0.29) is 11.2 Å². The van der Waals surface area contributed by atoms with Crippen LogP contribution in [-0.4, -0.2) is 22.3 Å². The van der Waals surface area contributed by atoms with Gasteiger partial charge in [0.15, 0.2) is 0 Å². The Hall–Kier alpha value is -1.36. The first kappa shape index (κ1) is 19.7. The number of unbranched alkanes of at least 4 members (excludes halogenated alkanes) is 3. The summed E-state index contributed by atoms with van der Waals surface area (Å²) in [6.45, 7) is 10.2. The van der Waals surface area contributed by atoms with E-state index >= 15 is 0 Å². The van der Waals surface area contributed by atoms with Gasteiger partial charge in [0.1, 0.15) is 0 Å². The van der Waals surface area contributed by atoms with Gasteiger partial charge in [-0.05, 0) is 31.1 Å². The zero-order valence-electron chi connectivity index (χ0n) is 15.0. The maximum Gasteiger partial charge on any atom is 0.328 e. The van der Waals surface area contributed by atoms with Crippen molar-refractivity contribution in [2.24, 2.45) is 11.8 Å². The van der Waals surface area contributed by atoms with Crippen molar-refractivity contribution in [1.82, 2.24) is 9.55 Å². The van der Waals surface area contributed by atoms with E-state index < -0.39 is 0 Å². The molecule has 1 rings (SSSR count). The molecule has 1 unspecified atom stereocenters. The van der Waals surface area contributed by atoms with Crippen molar-refractivity contribution in [3.8, 4) is 0 Å². The van der Waals surface area contributed by atoms with E-state index in [2.05, 4.69) is 32.7 Å². The van der Waals surface area contributed by atoms with Crippen LogP contribution in [0.4, 0.5) is 0 Å². The van der Waals surface area contributed by atoms with Crippen LogP contribution in [0.2, 0.25) is 0 Å². The molecule has 23 heavy (non-hydrogen) atoms. The van der Waals surface area contributed by atoms with Crippen molar-refractivity contribution in [3.63, 3.8) is 0 Å². The van der Waals surface area contributed by atoms with Crippen molar-refractivity contribution < 1.29 is 4.74 Å². The molecule has 132 valence electrons. The minimum atomic E-state index is -0.325. The van der Waals surface area contributed by atoms with E-state index in [0.717, 1.165) is 38.7 Å². The van der Waals surface area contributed by atoms with Gasteiger partial charge in [-0.3, -0.25) is 9.36 Å². The Labute approximate surface area is 139 Å².